The molecule has 0 amide bonds. The lowest BCUT2D eigenvalue weighted by Crippen LogP contribution is -1.98. The monoisotopic (exact) mass is 319 g/mol. The highest BCUT2D eigenvalue weighted by Crippen LogP contribution is 2.36. The summed E-state index contributed by atoms with van der Waals surface area (Å²) < 4.78 is 30.0. The van der Waals surface area contributed by atoms with E-state index in [0.29, 0.717) is 3.57 Å². The first-order chi connectivity index (χ1) is 6.07. The zero-order valence-electron chi connectivity index (χ0n) is 6.52. The van der Waals surface area contributed by atoms with Crippen LogP contribution in [0.4, 0.5) is 8.78 Å². The lowest BCUT2D eigenvalue weighted by Gasteiger charge is -2.09. The Morgan fingerprint density at radius 1 is 1.62 bits per heavy atom. The van der Waals surface area contributed by atoms with E-state index in [1.165, 1.54) is 13.3 Å². The van der Waals surface area contributed by atoms with Crippen LogP contribution in [-0.2, 0) is 0 Å². The minimum Gasteiger partial charge on any atom is -0.493 e. The van der Waals surface area contributed by atoms with Crippen LogP contribution in [-0.4, -0.2) is 12.1 Å². The summed E-state index contributed by atoms with van der Waals surface area (Å²) >= 11 is 7.33. The van der Waals surface area contributed by atoms with Crippen molar-refractivity contribution in [1.82, 2.24) is 4.98 Å². The Hall–Kier alpha value is -0.170. The molecule has 2 nitrogen and oxygen atoms in total. The van der Waals surface area contributed by atoms with Gasteiger partial charge in [0.2, 0.25) is 0 Å². The molecule has 0 spiro atoms. The van der Waals surface area contributed by atoms with Crippen LogP contribution in [0.25, 0.3) is 0 Å². The van der Waals surface area contributed by atoms with Crippen molar-refractivity contribution < 1.29 is 13.5 Å². The first-order valence-corrected chi connectivity index (χ1v) is 4.69. The third-order valence-corrected chi connectivity index (χ3v) is 2.53. The Morgan fingerprint density at radius 2 is 2.23 bits per heavy atom. The van der Waals surface area contributed by atoms with Gasteiger partial charge >= 0.3 is 0 Å². The Bertz CT molecular complexity index is 322. The summed E-state index contributed by atoms with van der Waals surface area (Å²) in [6.07, 6.45) is -1.32. The number of aromatic nitrogens is 1. The minimum atomic E-state index is -2.61. The number of alkyl halides is 2. The molecule has 6 heteroatoms. The van der Waals surface area contributed by atoms with Gasteiger partial charge in [-0.25, -0.2) is 13.8 Å². The van der Waals surface area contributed by atoms with Crippen LogP contribution >= 0.6 is 34.2 Å². The molecule has 0 radical (unpaired) electrons. The molecule has 13 heavy (non-hydrogen) atoms. The SMILES string of the molecule is COc1c(Cl)ncc(I)c1C(F)F. The molecule has 0 N–H and O–H groups in total. The van der Waals surface area contributed by atoms with E-state index in [4.69, 9.17) is 16.3 Å². The van der Waals surface area contributed by atoms with E-state index in [0.717, 1.165) is 0 Å². The van der Waals surface area contributed by atoms with Gasteiger partial charge in [-0.15, -0.1) is 0 Å². The van der Waals surface area contributed by atoms with Crippen molar-refractivity contribution in [1.29, 1.82) is 0 Å². The molecule has 0 saturated carbocycles. The van der Waals surface area contributed by atoms with Gasteiger partial charge in [-0.05, 0) is 22.6 Å². The predicted molar refractivity (Wildman–Crippen MR) is 53.5 cm³/mol. The summed E-state index contributed by atoms with van der Waals surface area (Å²) in [5, 5.41) is -0.0433. The number of ether oxygens (including phenoxy) is 1. The fraction of sp³-hybridized carbons (Fsp3) is 0.286. The largest absolute Gasteiger partial charge is 0.493 e. The second kappa shape index (κ2) is 4.36. The van der Waals surface area contributed by atoms with Gasteiger partial charge in [-0.1, -0.05) is 11.6 Å². The van der Waals surface area contributed by atoms with Gasteiger partial charge in [0, 0.05) is 9.77 Å². The molecule has 0 bridgehead atoms. The van der Waals surface area contributed by atoms with E-state index in [2.05, 4.69) is 4.98 Å². The summed E-state index contributed by atoms with van der Waals surface area (Å²) in [5.41, 5.74) is -0.205. The maximum Gasteiger partial charge on any atom is 0.268 e. The highest BCUT2D eigenvalue weighted by atomic mass is 127. The van der Waals surface area contributed by atoms with Gasteiger partial charge < -0.3 is 4.74 Å². The zero-order chi connectivity index (χ0) is 10.0. The topological polar surface area (TPSA) is 22.1 Å². The molecule has 1 aromatic heterocycles. The lowest BCUT2D eigenvalue weighted by atomic mass is 10.2. The first-order valence-electron chi connectivity index (χ1n) is 3.24. The maximum atomic E-state index is 12.5. The van der Waals surface area contributed by atoms with Gasteiger partial charge in [0.05, 0.1) is 12.7 Å². The molecule has 1 aromatic rings. The summed E-state index contributed by atoms with van der Waals surface area (Å²) in [7, 11) is 1.28. The molecule has 0 atom stereocenters. The molecule has 0 fully saturated rings. The summed E-state index contributed by atoms with van der Waals surface area (Å²) in [6.45, 7) is 0. The Kier molecular flexibility index (Phi) is 3.66. The minimum absolute atomic E-state index is 0.0433. The second-order valence-corrected chi connectivity index (χ2v) is 3.66. The molecule has 0 unspecified atom stereocenters. The van der Waals surface area contributed by atoms with Gasteiger partial charge in [0.1, 0.15) is 0 Å². The van der Waals surface area contributed by atoms with Crippen LogP contribution in [0.2, 0.25) is 5.15 Å². The number of rotatable bonds is 2. The van der Waals surface area contributed by atoms with Crippen molar-refractivity contribution in [3.05, 3.63) is 20.5 Å². The van der Waals surface area contributed by atoms with Crippen molar-refractivity contribution in [2.24, 2.45) is 0 Å². The van der Waals surface area contributed by atoms with E-state index in [-0.39, 0.29) is 16.5 Å². The quantitative estimate of drug-likeness (QED) is 0.616. The van der Waals surface area contributed by atoms with Crippen molar-refractivity contribution >= 4 is 34.2 Å². The molecule has 0 aliphatic heterocycles. The molecule has 72 valence electrons. The van der Waals surface area contributed by atoms with E-state index in [1.807, 2.05) is 0 Å². The third-order valence-electron chi connectivity index (χ3n) is 1.40. The number of hydrogen-bond acceptors (Lipinski definition) is 2. The molecule has 0 aromatic carbocycles. The van der Waals surface area contributed by atoms with E-state index >= 15 is 0 Å². The third kappa shape index (κ3) is 2.19. The van der Waals surface area contributed by atoms with Gasteiger partial charge in [-0.2, -0.15) is 0 Å². The molecule has 1 rings (SSSR count). The van der Waals surface area contributed by atoms with E-state index < -0.39 is 6.43 Å². The molecular formula is C7H5ClF2INO. The van der Waals surface area contributed by atoms with Crippen LogP contribution in [0.15, 0.2) is 6.20 Å². The summed E-state index contributed by atoms with van der Waals surface area (Å²) in [6, 6.07) is 0. The molecule has 0 saturated heterocycles. The average molecular weight is 319 g/mol. The van der Waals surface area contributed by atoms with E-state index in [1.54, 1.807) is 22.6 Å². The fourth-order valence-corrected chi connectivity index (χ4v) is 1.71. The van der Waals surface area contributed by atoms with Crippen LogP contribution in [0.1, 0.15) is 12.0 Å². The predicted octanol–water partition coefficient (Wildman–Crippen LogP) is 3.29. The van der Waals surface area contributed by atoms with Crippen LogP contribution in [0.3, 0.4) is 0 Å². The van der Waals surface area contributed by atoms with Crippen molar-refractivity contribution in [2.75, 3.05) is 7.11 Å². The fourth-order valence-electron chi connectivity index (χ4n) is 0.859. The van der Waals surface area contributed by atoms with Crippen molar-refractivity contribution in [2.45, 2.75) is 6.43 Å². The standard InChI is InChI=1S/C7H5ClF2INO/c1-13-5-4(7(9)10)3(11)2-12-6(5)8/h2,7H,1H3. The van der Waals surface area contributed by atoms with Gasteiger partial charge in [0.15, 0.2) is 10.9 Å². The van der Waals surface area contributed by atoms with Crippen LogP contribution < -0.4 is 4.74 Å². The average Bonchev–Trinajstić information content (AvgIpc) is 2.07. The lowest BCUT2D eigenvalue weighted by molar-refractivity contribution is 0.146. The molecule has 1 heterocycles. The molecule has 0 aliphatic rings. The second-order valence-electron chi connectivity index (χ2n) is 2.14. The summed E-state index contributed by atoms with van der Waals surface area (Å²) in [5.74, 6) is -0.0523. The number of nitrogens with zero attached hydrogens (tertiary/aromatic N) is 1. The van der Waals surface area contributed by atoms with Crippen LogP contribution in [0.5, 0.6) is 5.75 Å². The smallest absolute Gasteiger partial charge is 0.268 e. The Morgan fingerprint density at radius 3 is 2.62 bits per heavy atom. The Balaban J connectivity index is 3.35. The van der Waals surface area contributed by atoms with Gasteiger partial charge in [0.25, 0.3) is 6.43 Å². The van der Waals surface area contributed by atoms with Crippen LogP contribution in [0, 0.1) is 3.57 Å². The molecule has 0 aliphatic carbocycles. The molecular weight excluding hydrogens is 314 g/mol. The Labute approximate surface area is 92.4 Å². The van der Waals surface area contributed by atoms with E-state index in [9.17, 15) is 8.78 Å². The number of hydrogen-bond donors (Lipinski definition) is 0. The highest BCUT2D eigenvalue weighted by molar-refractivity contribution is 14.1. The summed E-state index contributed by atoms with van der Waals surface area (Å²) in [4.78, 5) is 3.69. The van der Waals surface area contributed by atoms with Crippen molar-refractivity contribution in [3.63, 3.8) is 0 Å². The maximum absolute atomic E-state index is 12.5. The number of pyridine rings is 1. The highest BCUT2D eigenvalue weighted by Gasteiger charge is 2.20. The zero-order valence-corrected chi connectivity index (χ0v) is 9.44. The van der Waals surface area contributed by atoms with Gasteiger partial charge in [-0.3, -0.25) is 0 Å². The van der Waals surface area contributed by atoms with Crippen molar-refractivity contribution in [3.8, 4) is 5.75 Å². The normalized spacial score (nSPS) is 10.6. The number of halogens is 4. The first kappa shape index (κ1) is 10.9. The number of methoxy groups -OCH3 is 1.